The number of amides is 1. The molecule has 0 radical (unpaired) electrons. The number of carbonyl (C=O) groups excluding carboxylic acids is 1. The topological polar surface area (TPSA) is 56.7 Å². The fourth-order valence-corrected chi connectivity index (χ4v) is 3.23. The van der Waals surface area contributed by atoms with Gasteiger partial charge >= 0.3 is 0 Å². The molecule has 0 aliphatic carbocycles. The van der Waals surface area contributed by atoms with Gasteiger partial charge in [0.2, 0.25) is 0 Å². The standard InChI is InChI=1S/C23H31ClN4O/c1-23(2,14-18-7-6-8-20(24)13-18)16-27-22(25-3)26-15-17-9-11-19(12-10-17)21(29)28(4)5/h6-13H,14-16H2,1-5H3,(H2,25,26,27). The van der Waals surface area contributed by atoms with E-state index in [9.17, 15) is 4.79 Å². The lowest BCUT2D eigenvalue weighted by Gasteiger charge is -2.26. The molecule has 0 spiro atoms. The highest BCUT2D eigenvalue weighted by molar-refractivity contribution is 6.30. The molecule has 6 heteroatoms. The smallest absolute Gasteiger partial charge is 0.253 e. The van der Waals surface area contributed by atoms with Gasteiger partial charge < -0.3 is 15.5 Å². The van der Waals surface area contributed by atoms with Crippen molar-refractivity contribution in [3.63, 3.8) is 0 Å². The molecule has 0 aliphatic heterocycles. The molecule has 0 heterocycles. The lowest BCUT2D eigenvalue weighted by atomic mass is 9.86. The van der Waals surface area contributed by atoms with Crippen molar-refractivity contribution in [1.29, 1.82) is 0 Å². The highest BCUT2D eigenvalue weighted by Gasteiger charge is 2.19. The number of hydrogen-bond acceptors (Lipinski definition) is 2. The van der Waals surface area contributed by atoms with Gasteiger partial charge in [-0.2, -0.15) is 0 Å². The molecule has 0 fully saturated rings. The summed E-state index contributed by atoms with van der Waals surface area (Å²) in [5, 5.41) is 7.50. The highest BCUT2D eigenvalue weighted by Crippen LogP contribution is 2.22. The number of halogens is 1. The molecular formula is C23H31ClN4O. The molecule has 0 aromatic heterocycles. The second kappa shape index (κ2) is 10.3. The van der Waals surface area contributed by atoms with E-state index in [4.69, 9.17) is 11.6 Å². The van der Waals surface area contributed by atoms with Gasteiger partial charge in [0.15, 0.2) is 5.96 Å². The van der Waals surface area contributed by atoms with E-state index in [0.29, 0.717) is 12.1 Å². The average Bonchev–Trinajstić information content (AvgIpc) is 2.67. The van der Waals surface area contributed by atoms with Gasteiger partial charge in [0.25, 0.3) is 5.91 Å². The highest BCUT2D eigenvalue weighted by atomic mass is 35.5. The van der Waals surface area contributed by atoms with Gasteiger partial charge in [-0.1, -0.05) is 49.7 Å². The molecule has 0 bridgehead atoms. The van der Waals surface area contributed by atoms with E-state index in [-0.39, 0.29) is 11.3 Å². The number of nitrogens with zero attached hydrogens (tertiary/aromatic N) is 2. The van der Waals surface area contributed by atoms with Crippen LogP contribution in [0.2, 0.25) is 5.02 Å². The van der Waals surface area contributed by atoms with Crippen molar-refractivity contribution >= 4 is 23.5 Å². The quantitative estimate of drug-likeness (QED) is 0.532. The Bertz CT molecular complexity index is 844. The van der Waals surface area contributed by atoms with E-state index in [2.05, 4.69) is 35.5 Å². The van der Waals surface area contributed by atoms with Gasteiger partial charge in [0.05, 0.1) is 0 Å². The van der Waals surface area contributed by atoms with Crippen LogP contribution in [-0.4, -0.2) is 44.5 Å². The van der Waals surface area contributed by atoms with Crippen LogP contribution >= 0.6 is 11.6 Å². The molecule has 0 aliphatic rings. The molecule has 1 amide bonds. The Morgan fingerprint density at radius 3 is 2.34 bits per heavy atom. The van der Waals surface area contributed by atoms with Crippen molar-refractivity contribution in [2.75, 3.05) is 27.7 Å². The van der Waals surface area contributed by atoms with Crippen molar-refractivity contribution in [1.82, 2.24) is 15.5 Å². The normalized spacial score (nSPS) is 11.9. The summed E-state index contributed by atoms with van der Waals surface area (Å²) in [5.41, 5.74) is 3.03. The summed E-state index contributed by atoms with van der Waals surface area (Å²) in [5.74, 6) is 0.751. The second-order valence-corrected chi connectivity index (χ2v) is 8.58. The van der Waals surface area contributed by atoms with Crippen molar-refractivity contribution in [3.05, 3.63) is 70.2 Å². The fourth-order valence-electron chi connectivity index (χ4n) is 3.01. The van der Waals surface area contributed by atoms with Crippen LogP contribution in [-0.2, 0) is 13.0 Å². The van der Waals surface area contributed by atoms with Crippen LogP contribution < -0.4 is 10.6 Å². The Kier molecular flexibility index (Phi) is 8.09. The molecule has 29 heavy (non-hydrogen) atoms. The van der Waals surface area contributed by atoms with Crippen molar-refractivity contribution in [2.24, 2.45) is 10.4 Å². The molecule has 0 atom stereocenters. The first kappa shape index (κ1) is 22.8. The molecule has 2 aromatic carbocycles. The van der Waals surface area contributed by atoms with E-state index >= 15 is 0 Å². The van der Waals surface area contributed by atoms with Gasteiger partial charge in [-0.05, 0) is 47.2 Å². The molecule has 0 saturated carbocycles. The molecule has 2 aromatic rings. The van der Waals surface area contributed by atoms with Gasteiger partial charge in [-0.25, -0.2) is 0 Å². The van der Waals surface area contributed by atoms with Crippen molar-refractivity contribution in [2.45, 2.75) is 26.8 Å². The first-order valence-corrected chi connectivity index (χ1v) is 10.1. The van der Waals surface area contributed by atoms with Crippen molar-refractivity contribution < 1.29 is 4.79 Å². The number of benzene rings is 2. The zero-order chi connectivity index (χ0) is 21.4. The molecule has 0 unspecified atom stereocenters. The van der Waals surface area contributed by atoms with Crippen LogP contribution in [0.5, 0.6) is 0 Å². The summed E-state index contributed by atoms with van der Waals surface area (Å²) in [6.07, 6.45) is 0.916. The first-order chi connectivity index (χ1) is 13.7. The number of rotatable bonds is 7. The van der Waals surface area contributed by atoms with Gasteiger partial charge in [0, 0.05) is 44.8 Å². The maximum atomic E-state index is 12.0. The Morgan fingerprint density at radius 1 is 1.07 bits per heavy atom. The number of hydrogen-bond donors (Lipinski definition) is 2. The maximum absolute atomic E-state index is 12.0. The van der Waals surface area contributed by atoms with Crippen LogP contribution in [0.25, 0.3) is 0 Å². The summed E-state index contributed by atoms with van der Waals surface area (Å²) < 4.78 is 0. The molecule has 2 N–H and O–H groups in total. The third kappa shape index (κ3) is 7.42. The minimum absolute atomic E-state index is 0.00363. The van der Waals surface area contributed by atoms with Crippen molar-refractivity contribution in [3.8, 4) is 0 Å². The maximum Gasteiger partial charge on any atom is 0.253 e. The predicted octanol–water partition coefficient (Wildman–Crippen LogP) is 3.98. The zero-order valence-corrected chi connectivity index (χ0v) is 18.7. The third-order valence-corrected chi connectivity index (χ3v) is 4.83. The summed E-state index contributed by atoms with van der Waals surface area (Å²) in [7, 11) is 5.26. The fraction of sp³-hybridized carbons (Fsp3) is 0.391. The molecule has 156 valence electrons. The predicted molar refractivity (Wildman–Crippen MR) is 122 cm³/mol. The van der Waals surface area contributed by atoms with Crippen LogP contribution in [0.3, 0.4) is 0 Å². The monoisotopic (exact) mass is 414 g/mol. The average molecular weight is 415 g/mol. The largest absolute Gasteiger partial charge is 0.356 e. The van der Waals surface area contributed by atoms with Gasteiger partial charge in [0.1, 0.15) is 0 Å². The second-order valence-electron chi connectivity index (χ2n) is 8.15. The van der Waals surface area contributed by atoms with E-state index in [0.717, 1.165) is 29.5 Å². The summed E-state index contributed by atoms with van der Waals surface area (Å²) >= 11 is 6.10. The number of nitrogens with one attached hydrogen (secondary N) is 2. The Balaban J connectivity index is 1.86. The van der Waals surface area contributed by atoms with Crippen LogP contribution in [0.4, 0.5) is 0 Å². The van der Waals surface area contributed by atoms with Crippen LogP contribution in [0, 0.1) is 5.41 Å². The lowest BCUT2D eigenvalue weighted by molar-refractivity contribution is 0.0827. The van der Waals surface area contributed by atoms with E-state index in [1.165, 1.54) is 5.56 Å². The van der Waals surface area contributed by atoms with Gasteiger partial charge in [-0.15, -0.1) is 0 Å². The summed E-state index contributed by atoms with van der Waals surface area (Å²) in [4.78, 5) is 17.9. The lowest BCUT2D eigenvalue weighted by Crippen LogP contribution is -2.42. The minimum atomic E-state index is 0.00363. The van der Waals surface area contributed by atoms with Gasteiger partial charge in [-0.3, -0.25) is 9.79 Å². The van der Waals surface area contributed by atoms with E-state index < -0.39 is 0 Å². The van der Waals surface area contributed by atoms with Crippen LogP contribution in [0.1, 0.15) is 35.3 Å². The molecule has 0 saturated heterocycles. The number of carbonyl (C=O) groups is 1. The zero-order valence-electron chi connectivity index (χ0n) is 17.9. The Hall–Kier alpha value is -2.53. The molecule has 2 rings (SSSR count). The minimum Gasteiger partial charge on any atom is -0.356 e. The molecule has 5 nitrogen and oxygen atoms in total. The number of aliphatic imine (C=N–C) groups is 1. The molecular weight excluding hydrogens is 384 g/mol. The van der Waals surface area contributed by atoms with Crippen LogP contribution in [0.15, 0.2) is 53.5 Å². The SMILES string of the molecule is CN=C(NCc1ccc(C(=O)N(C)C)cc1)NCC(C)(C)Cc1cccc(Cl)c1. The number of guanidine groups is 1. The summed E-state index contributed by atoms with van der Waals surface area (Å²) in [6, 6.07) is 15.6. The third-order valence-electron chi connectivity index (χ3n) is 4.60. The van der Waals surface area contributed by atoms with E-state index in [1.54, 1.807) is 26.0 Å². The Morgan fingerprint density at radius 2 is 1.76 bits per heavy atom. The van der Waals surface area contributed by atoms with E-state index in [1.807, 2.05) is 42.5 Å². The Labute approximate surface area is 179 Å². The summed E-state index contributed by atoms with van der Waals surface area (Å²) in [6.45, 7) is 5.84. The first-order valence-electron chi connectivity index (χ1n) is 9.70.